The summed E-state index contributed by atoms with van der Waals surface area (Å²) < 4.78 is 56.6. The smallest absolute Gasteiger partial charge is 0.272 e. The first-order valence-electron chi connectivity index (χ1n) is 7.74. The molecule has 2 heterocycles. The molecule has 2 atom stereocenters. The molecule has 2 saturated heterocycles. The van der Waals surface area contributed by atoms with Crippen LogP contribution in [0.25, 0.3) is 0 Å². The number of rotatable bonds is 5. The van der Waals surface area contributed by atoms with Gasteiger partial charge >= 0.3 is 0 Å². The fraction of sp³-hybridized carbons (Fsp3) is 0.600. The minimum absolute atomic E-state index is 0.0118. The molecular formula is C15H20F2N2O3S. The van der Waals surface area contributed by atoms with E-state index >= 15 is 0 Å². The van der Waals surface area contributed by atoms with Crippen LogP contribution in [0.5, 0.6) is 5.75 Å². The van der Waals surface area contributed by atoms with E-state index in [0.29, 0.717) is 6.54 Å². The van der Waals surface area contributed by atoms with Gasteiger partial charge in [0.05, 0.1) is 4.90 Å². The molecule has 3 rings (SSSR count). The Balaban J connectivity index is 1.79. The molecule has 2 unspecified atom stereocenters. The first kappa shape index (κ1) is 16.6. The molecule has 0 aliphatic carbocycles. The number of hydrogen-bond donors (Lipinski definition) is 1. The second-order valence-electron chi connectivity index (χ2n) is 5.89. The highest BCUT2D eigenvalue weighted by Gasteiger charge is 2.42. The Bertz CT molecular complexity index is 623. The molecule has 0 spiro atoms. The highest BCUT2D eigenvalue weighted by molar-refractivity contribution is 7.89. The second kappa shape index (κ2) is 6.70. The third-order valence-corrected chi connectivity index (χ3v) is 6.38. The van der Waals surface area contributed by atoms with Crippen molar-refractivity contribution in [2.75, 3.05) is 19.7 Å². The molecular weight excluding hydrogens is 326 g/mol. The van der Waals surface area contributed by atoms with Gasteiger partial charge in [0, 0.05) is 18.6 Å². The van der Waals surface area contributed by atoms with Crippen LogP contribution in [0.2, 0.25) is 0 Å². The molecule has 0 saturated carbocycles. The maximum atomic E-state index is 12.9. The van der Waals surface area contributed by atoms with Crippen molar-refractivity contribution in [3.63, 3.8) is 0 Å². The molecule has 2 aliphatic rings. The lowest BCUT2D eigenvalue weighted by atomic mass is 10.1. The fourth-order valence-electron chi connectivity index (χ4n) is 3.32. The van der Waals surface area contributed by atoms with E-state index in [1.54, 1.807) is 4.31 Å². The maximum absolute atomic E-state index is 12.9. The molecule has 2 aliphatic heterocycles. The van der Waals surface area contributed by atoms with Gasteiger partial charge in [0.25, 0.3) is 6.43 Å². The predicted octanol–water partition coefficient (Wildman–Crippen LogP) is 1.85. The number of fused-ring (bicyclic) bond motifs is 2. The van der Waals surface area contributed by atoms with Crippen molar-refractivity contribution >= 4 is 10.0 Å². The van der Waals surface area contributed by atoms with E-state index < -0.39 is 23.1 Å². The van der Waals surface area contributed by atoms with Gasteiger partial charge in [0.1, 0.15) is 12.4 Å². The molecule has 0 aromatic heterocycles. The Morgan fingerprint density at radius 3 is 2.57 bits per heavy atom. The van der Waals surface area contributed by atoms with Crippen LogP contribution in [0.15, 0.2) is 29.2 Å². The number of nitrogens with zero attached hydrogens (tertiary/aromatic N) is 1. The Hall–Kier alpha value is -1.25. The van der Waals surface area contributed by atoms with E-state index in [9.17, 15) is 17.2 Å². The van der Waals surface area contributed by atoms with Crippen LogP contribution in [0.1, 0.15) is 19.3 Å². The lowest BCUT2D eigenvalue weighted by molar-refractivity contribution is 0.0819. The highest BCUT2D eigenvalue weighted by Crippen LogP contribution is 2.34. The molecule has 1 aromatic rings. The van der Waals surface area contributed by atoms with Crippen molar-refractivity contribution in [3.05, 3.63) is 24.3 Å². The van der Waals surface area contributed by atoms with Gasteiger partial charge in [-0.2, -0.15) is 4.31 Å². The van der Waals surface area contributed by atoms with Crippen molar-refractivity contribution in [1.82, 2.24) is 9.62 Å². The van der Waals surface area contributed by atoms with E-state index in [2.05, 4.69) is 5.32 Å². The summed E-state index contributed by atoms with van der Waals surface area (Å²) in [4.78, 5) is 0.181. The van der Waals surface area contributed by atoms with Gasteiger partial charge in [0.2, 0.25) is 10.0 Å². The number of sulfonamides is 1. The summed E-state index contributed by atoms with van der Waals surface area (Å²) in [5, 5.41) is 3.27. The van der Waals surface area contributed by atoms with Crippen molar-refractivity contribution in [1.29, 1.82) is 0 Å². The summed E-state index contributed by atoms with van der Waals surface area (Å²) >= 11 is 0. The van der Waals surface area contributed by atoms with E-state index in [0.717, 1.165) is 25.8 Å². The molecule has 8 heteroatoms. The Morgan fingerprint density at radius 2 is 1.87 bits per heavy atom. The molecule has 128 valence electrons. The Labute approximate surface area is 134 Å². The lowest BCUT2D eigenvalue weighted by Gasteiger charge is -2.26. The number of nitrogens with one attached hydrogen (secondary N) is 1. The summed E-state index contributed by atoms with van der Waals surface area (Å²) in [6, 6.07) is 5.72. The summed E-state index contributed by atoms with van der Waals surface area (Å²) in [6.45, 7) is 0.799. The highest BCUT2D eigenvalue weighted by atomic mass is 32.2. The molecule has 0 radical (unpaired) electrons. The number of ether oxygens (including phenoxy) is 1. The van der Waals surface area contributed by atoms with Crippen molar-refractivity contribution in [2.45, 2.75) is 42.7 Å². The van der Waals surface area contributed by atoms with Crippen molar-refractivity contribution in [2.24, 2.45) is 0 Å². The summed E-state index contributed by atoms with van der Waals surface area (Å²) in [5.74, 6) is 0.241. The number of alkyl halides is 2. The number of benzene rings is 1. The van der Waals surface area contributed by atoms with Crippen molar-refractivity contribution in [3.8, 4) is 5.75 Å². The van der Waals surface area contributed by atoms with Gasteiger partial charge in [-0.1, -0.05) is 0 Å². The Morgan fingerprint density at radius 1 is 1.17 bits per heavy atom. The van der Waals surface area contributed by atoms with Crippen LogP contribution in [-0.2, 0) is 10.0 Å². The zero-order valence-corrected chi connectivity index (χ0v) is 13.4. The van der Waals surface area contributed by atoms with E-state index in [1.807, 2.05) is 0 Å². The molecule has 1 aromatic carbocycles. The van der Waals surface area contributed by atoms with Crippen LogP contribution in [0.4, 0.5) is 8.78 Å². The van der Waals surface area contributed by atoms with Crippen molar-refractivity contribution < 1.29 is 21.9 Å². The third-order valence-electron chi connectivity index (χ3n) is 4.36. The molecule has 2 fully saturated rings. The molecule has 23 heavy (non-hydrogen) atoms. The van der Waals surface area contributed by atoms with Gasteiger partial charge in [-0.25, -0.2) is 17.2 Å². The lowest BCUT2D eigenvalue weighted by Crippen LogP contribution is -2.42. The van der Waals surface area contributed by atoms with Gasteiger partial charge in [-0.15, -0.1) is 0 Å². The van der Waals surface area contributed by atoms with Crippen LogP contribution in [0.3, 0.4) is 0 Å². The first-order chi connectivity index (χ1) is 11.0. The minimum Gasteiger partial charge on any atom is -0.488 e. The molecule has 5 nitrogen and oxygen atoms in total. The molecule has 2 bridgehead atoms. The van der Waals surface area contributed by atoms with Crippen LogP contribution >= 0.6 is 0 Å². The fourth-order valence-corrected chi connectivity index (χ4v) is 5.22. The second-order valence-corrected chi connectivity index (χ2v) is 7.73. The van der Waals surface area contributed by atoms with Crippen LogP contribution in [0, 0.1) is 0 Å². The van der Waals surface area contributed by atoms with Crippen LogP contribution in [-0.4, -0.2) is 50.9 Å². The quantitative estimate of drug-likeness (QED) is 0.884. The predicted molar refractivity (Wildman–Crippen MR) is 81.3 cm³/mol. The van der Waals surface area contributed by atoms with Gasteiger partial charge in [-0.3, -0.25) is 0 Å². The van der Waals surface area contributed by atoms with E-state index in [-0.39, 0.29) is 22.7 Å². The average molecular weight is 346 g/mol. The van der Waals surface area contributed by atoms with E-state index in [4.69, 9.17) is 4.74 Å². The monoisotopic (exact) mass is 346 g/mol. The summed E-state index contributed by atoms with van der Waals surface area (Å²) in [7, 11) is -3.58. The van der Waals surface area contributed by atoms with Gasteiger partial charge < -0.3 is 10.1 Å². The summed E-state index contributed by atoms with van der Waals surface area (Å²) in [5.41, 5.74) is 0. The SMILES string of the molecule is O=S(=O)(c1ccc(OCC(F)F)cc1)N1C2CCNCC1CC2. The van der Waals surface area contributed by atoms with Crippen LogP contribution < -0.4 is 10.1 Å². The first-order valence-corrected chi connectivity index (χ1v) is 9.18. The average Bonchev–Trinajstić information content (AvgIpc) is 2.79. The minimum atomic E-state index is -3.58. The normalized spacial score (nSPS) is 25.5. The van der Waals surface area contributed by atoms with Gasteiger partial charge in [0.15, 0.2) is 0 Å². The zero-order chi connectivity index (χ0) is 16.4. The Kier molecular flexibility index (Phi) is 4.84. The topological polar surface area (TPSA) is 58.6 Å². The largest absolute Gasteiger partial charge is 0.488 e. The zero-order valence-electron chi connectivity index (χ0n) is 12.6. The number of hydrogen-bond acceptors (Lipinski definition) is 4. The maximum Gasteiger partial charge on any atom is 0.272 e. The van der Waals surface area contributed by atoms with Gasteiger partial charge in [-0.05, 0) is 50.1 Å². The molecule has 1 N–H and O–H groups in total. The molecule has 0 amide bonds. The third kappa shape index (κ3) is 3.49. The standard InChI is InChI=1S/C15H20F2N2O3S/c16-15(17)10-22-13-3-5-14(6-4-13)23(20,21)19-11-1-2-12(19)9-18-8-7-11/h3-6,11-12,15,18H,1-2,7-10H2. The number of halogens is 2. The summed E-state index contributed by atoms with van der Waals surface area (Å²) in [6.07, 6.45) is 0.0116. The van der Waals surface area contributed by atoms with E-state index in [1.165, 1.54) is 24.3 Å².